The van der Waals surface area contributed by atoms with Crippen molar-refractivity contribution in [3.05, 3.63) is 11.6 Å². The lowest BCUT2D eigenvalue weighted by atomic mass is 9.33. The Hall–Kier alpha value is -1.44. The molecule has 5 rings (SSSR count). The number of rotatable bonds is 3. The molecule has 4 saturated carbocycles. The van der Waals surface area contributed by atoms with E-state index in [0.29, 0.717) is 12.8 Å². The average molecular weight is 519 g/mol. The SMILES string of the molecule is C[C@@]1(C(=O)O)CC[C@]2(C(=O)O)[C@H](O)C[C@]3(C)C(=CC[C@@H]4[C@@]5(C)CC[C@H](O)[C@](C)(CO)[C@@H]5CC[C@]43C)[C@@H]2C1. The smallest absolute Gasteiger partial charge is 0.312 e. The van der Waals surface area contributed by atoms with Gasteiger partial charge in [-0.2, -0.15) is 0 Å². The molecular weight excluding hydrogens is 472 g/mol. The van der Waals surface area contributed by atoms with Crippen LogP contribution in [0, 0.1) is 50.2 Å². The normalized spacial score (nSPS) is 55.1. The largest absolute Gasteiger partial charge is 0.481 e. The Morgan fingerprint density at radius 2 is 1.54 bits per heavy atom. The van der Waals surface area contributed by atoms with Gasteiger partial charge in [0, 0.05) is 11.3 Å². The zero-order chi connectivity index (χ0) is 27.4. The van der Waals surface area contributed by atoms with Crippen molar-refractivity contribution >= 4 is 11.9 Å². The Morgan fingerprint density at radius 3 is 2.14 bits per heavy atom. The number of aliphatic hydroxyl groups excluding tert-OH is 3. The van der Waals surface area contributed by atoms with Crippen LogP contribution >= 0.6 is 0 Å². The summed E-state index contributed by atoms with van der Waals surface area (Å²) in [7, 11) is 0. The summed E-state index contributed by atoms with van der Waals surface area (Å²) in [6.45, 7) is 10.5. The van der Waals surface area contributed by atoms with Crippen molar-refractivity contribution in [3.63, 3.8) is 0 Å². The first-order valence-electron chi connectivity index (χ1n) is 14.2. The lowest BCUT2D eigenvalue weighted by Gasteiger charge is -2.71. The van der Waals surface area contributed by atoms with Gasteiger partial charge in [-0.05, 0) is 92.8 Å². The summed E-state index contributed by atoms with van der Waals surface area (Å²) in [6, 6.07) is 0. The third-order valence-electron chi connectivity index (χ3n) is 13.5. The first kappa shape index (κ1) is 27.1. The molecule has 0 saturated heterocycles. The number of carboxylic acids is 2. The molecule has 208 valence electrons. The minimum Gasteiger partial charge on any atom is -0.481 e. The van der Waals surface area contributed by atoms with Gasteiger partial charge in [0.25, 0.3) is 0 Å². The zero-order valence-corrected chi connectivity index (χ0v) is 23.1. The summed E-state index contributed by atoms with van der Waals surface area (Å²) < 4.78 is 0. The van der Waals surface area contributed by atoms with E-state index in [2.05, 4.69) is 26.8 Å². The number of aliphatic hydroxyl groups is 3. The van der Waals surface area contributed by atoms with Gasteiger partial charge in [-0.25, -0.2) is 0 Å². The number of hydrogen-bond acceptors (Lipinski definition) is 5. The maximum Gasteiger partial charge on any atom is 0.312 e. The third kappa shape index (κ3) is 3.11. The molecule has 0 heterocycles. The molecular formula is C30H46O7. The quantitative estimate of drug-likeness (QED) is 0.353. The second kappa shape index (κ2) is 8.04. The van der Waals surface area contributed by atoms with E-state index < -0.39 is 51.7 Å². The second-order valence-corrected chi connectivity index (χ2v) is 14.7. The first-order valence-corrected chi connectivity index (χ1v) is 14.2. The van der Waals surface area contributed by atoms with E-state index in [0.717, 1.165) is 31.3 Å². The average Bonchev–Trinajstić information content (AvgIpc) is 2.82. The fraction of sp³-hybridized carbons (Fsp3) is 0.867. The van der Waals surface area contributed by atoms with Gasteiger partial charge < -0.3 is 25.5 Å². The molecule has 11 atom stereocenters. The number of fused-ring (bicyclic) bond motifs is 7. The van der Waals surface area contributed by atoms with Crippen molar-refractivity contribution in [3.8, 4) is 0 Å². The lowest BCUT2D eigenvalue weighted by Crippen LogP contribution is -2.68. The summed E-state index contributed by atoms with van der Waals surface area (Å²) >= 11 is 0. The predicted molar refractivity (Wildman–Crippen MR) is 137 cm³/mol. The number of carboxylic acid groups (broad SMARTS) is 2. The standard InChI is InChI=1S/C30H46O7/c1-25(23(34)35)12-13-30(24(36)37)18(14-25)17-6-7-20-26(2)10-9-21(32)27(3,16-31)19(26)8-11-28(20,4)29(17,5)15-22(30)33/h6,18-22,31-33H,7-16H2,1-5H3,(H,34,35)(H,36,37)/t18-,19+,20+,21-,22+,25+,26-,27+,28+,29+,30+/m0/s1. The molecule has 5 aliphatic carbocycles. The summed E-state index contributed by atoms with van der Waals surface area (Å²) in [4.78, 5) is 25.1. The Morgan fingerprint density at radius 1 is 0.865 bits per heavy atom. The van der Waals surface area contributed by atoms with Gasteiger partial charge in [0.2, 0.25) is 0 Å². The molecule has 5 N–H and O–H groups in total. The van der Waals surface area contributed by atoms with E-state index in [1.807, 2.05) is 6.92 Å². The van der Waals surface area contributed by atoms with Crippen LogP contribution in [0.15, 0.2) is 11.6 Å². The van der Waals surface area contributed by atoms with E-state index in [-0.39, 0.29) is 48.5 Å². The molecule has 0 amide bonds. The fourth-order valence-electron chi connectivity index (χ4n) is 10.8. The lowest BCUT2D eigenvalue weighted by molar-refractivity contribution is -0.227. The molecule has 0 bridgehead atoms. The molecule has 7 heteroatoms. The summed E-state index contributed by atoms with van der Waals surface area (Å²) in [5, 5.41) is 53.5. The molecule has 0 spiro atoms. The van der Waals surface area contributed by atoms with Gasteiger partial charge in [-0.1, -0.05) is 39.3 Å². The third-order valence-corrected chi connectivity index (χ3v) is 13.5. The van der Waals surface area contributed by atoms with Crippen LogP contribution < -0.4 is 0 Å². The van der Waals surface area contributed by atoms with Gasteiger partial charge in [0.15, 0.2) is 0 Å². The molecule has 4 fully saturated rings. The highest BCUT2D eigenvalue weighted by Gasteiger charge is 2.72. The van der Waals surface area contributed by atoms with Gasteiger partial charge >= 0.3 is 11.9 Å². The molecule has 0 aromatic rings. The molecule has 0 unspecified atom stereocenters. The summed E-state index contributed by atoms with van der Waals surface area (Å²) in [5.74, 6) is -2.01. The number of hydrogen-bond donors (Lipinski definition) is 5. The van der Waals surface area contributed by atoms with Crippen LogP contribution in [0.4, 0.5) is 0 Å². The monoisotopic (exact) mass is 518 g/mol. The van der Waals surface area contributed by atoms with Crippen molar-refractivity contribution in [2.24, 2.45) is 50.2 Å². The van der Waals surface area contributed by atoms with Crippen molar-refractivity contribution in [2.75, 3.05) is 6.61 Å². The molecule has 37 heavy (non-hydrogen) atoms. The second-order valence-electron chi connectivity index (χ2n) is 14.7. The molecule has 0 radical (unpaired) electrons. The van der Waals surface area contributed by atoms with E-state index >= 15 is 0 Å². The summed E-state index contributed by atoms with van der Waals surface area (Å²) in [5.41, 5.74) is -2.67. The van der Waals surface area contributed by atoms with Crippen molar-refractivity contribution < 1.29 is 35.1 Å². The van der Waals surface area contributed by atoms with Crippen LogP contribution in [0.1, 0.15) is 92.4 Å². The zero-order valence-electron chi connectivity index (χ0n) is 23.1. The molecule has 7 nitrogen and oxygen atoms in total. The van der Waals surface area contributed by atoms with Crippen LogP contribution in [0.2, 0.25) is 0 Å². The van der Waals surface area contributed by atoms with E-state index in [1.165, 1.54) is 0 Å². The van der Waals surface area contributed by atoms with Crippen LogP contribution in [0.3, 0.4) is 0 Å². The first-order chi connectivity index (χ1) is 17.1. The Bertz CT molecular complexity index is 1040. The fourth-order valence-corrected chi connectivity index (χ4v) is 10.8. The molecule has 0 aliphatic heterocycles. The van der Waals surface area contributed by atoms with Crippen LogP contribution in [-0.2, 0) is 9.59 Å². The Labute approximate surface area is 220 Å². The van der Waals surface area contributed by atoms with E-state index in [4.69, 9.17) is 0 Å². The van der Waals surface area contributed by atoms with Gasteiger partial charge in [0.05, 0.1) is 24.2 Å². The highest BCUT2D eigenvalue weighted by atomic mass is 16.4. The summed E-state index contributed by atoms with van der Waals surface area (Å²) in [6.07, 6.45) is 5.65. The van der Waals surface area contributed by atoms with Crippen LogP contribution in [0.25, 0.3) is 0 Å². The maximum atomic E-state index is 12.8. The molecule has 0 aromatic heterocycles. The number of allylic oxidation sites excluding steroid dienone is 2. The Kier molecular flexibility index (Phi) is 5.90. The van der Waals surface area contributed by atoms with Gasteiger partial charge in [-0.3, -0.25) is 9.59 Å². The van der Waals surface area contributed by atoms with Gasteiger partial charge in [0.1, 0.15) is 5.41 Å². The highest BCUT2D eigenvalue weighted by Crippen LogP contribution is 2.75. The number of aliphatic carboxylic acids is 2. The van der Waals surface area contributed by atoms with Crippen molar-refractivity contribution in [1.29, 1.82) is 0 Å². The molecule has 5 aliphatic rings. The predicted octanol–water partition coefficient (Wildman–Crippen LogP) is 4.24. The minimum absolute atomic E-state index is 0.0497. The molecule has 0 aromatic carbocycles. The number of carbonyl (C=O) groups is 2. The maximum absolute atomic E-state index is 12.8. The van der Waals surface area contributed by atoms with Crippen molar-refractivity contribution in [1.82, 2.24) is 0 Å². The topological polar surface area (TPSA) is 135 Å². The minimum atomic E-state index is -1.35. The van der Waals surface area contributed by atoms with Crippen molar-refractivity contribution in [2.45, 2.75) is 105 Å². The van der Waals surface area contributed by atoms with E-state index in [1.54, 1.807) is 6.92 Å². The van der Waals surface area contributed by atoms with Crippen LogP contribution in [-0.4, -0.2) is 56.3 Å². The van der Waals surface area contributed by atoms with Gasteiger partial charge in [-0.15, -0.1) is 0 Å². The Balaban J connectivity index is 1.63. The van der Waals surface area contributed by atoms with Crippen LogP contribution in [0.5, 0.6) is 0 Å². The highest BCUT2D eigenvalue weighted by molar-refractivity contribution is 5.80. The van der Waals surface area contributed by atoms with E-state index in [9.17, 15) is 35.1 Å².